The molecule has 2 amide bonds. The van der Waals surface area contributed by atoms with Gasteiger partial charge in [0.1, 0.15) is 11.5 Å². The van der Waals surface area contributed by atoms with Crippen LogP contribution in [-0.4, -0.2) is 24.5 Å². The standard InChI is InChI=1S/C24H24N2O4/c1-16(30-22-13-8-18-4-2-3-5-20(18)14-22)23(27)25-26-24(28)19-9-11-21(12-10-19)29-15-17-6-7-17/h2-5,8-14,16-17H,6-7,15H2,1H3,(H,25,27)(H,26,28). The number of fused-ring (bicyclic) bond motifs is 1. The maximum atomic E-state index is 12.3. The van der Waals surface area contributed by atoms with E-state index in [-0.39, 0.29) is 0 Å². The Morgan fingerprint density at radius 2 is 1.63 bits per heavy atom. The lowest BCUT2D eigenvalue weighted by Gasteiger charge is -2.15. The molecule has 0 bridgehead atoms. The van der Waals surface area contributed by atoms with E-state index >= 15 is 0 Å². The Hall–Kier alpha value is -3.54. The first kappa shape index (κ1) is 19.8. The summed E-state index contributed by atoms with van der Waals surface area (Å²) in [6.07, 6.45) is 1.68. The molecule has 154 valence electrons. The molecule has 30 heavy (non-hydrogen) atoms. The zero-order valence-electron chi connectivity index (χ0n) is 16.8. The number of hydrogen-bond acceptors (Lipinski definition) is 4. The normalized spacial score (nSPS) is 14.0. The summed E-state index contributed by atoms with van der Waals surface area (Å²) < 4.78 is 11.4. The minimum atomic E-state index is -0.773. The highest BCUT2D eigenvalue weighted by Crippen LogP contribution is 2.29. The number of nitrogens with one attached hydrogen (secondary N) is 2. The van der Waals surface area contributed by atoms with Crippen LogP contribution in [0.3, 0.4) is 0 Å². The van der Waals surface area contributed by atoms with Crippen LogP contribution in [0, 0.1) is 5.92 Å². The summed E-state index contributed by atoms with van der Waals surface area (Å²) in [5, 5.41) is 2.12. The summed E-state index contributed by atoms with van der Waals surface area (Å²) in [4.78, 5) is 24.5. The second kappa shape index (κ2) is 8.86. The molecule has 0 aliphatic heterocycles. The Kier molecular flexibility index (Phi) is 5.84. The summed E-state index contributed by atoms with van der Waals surface area (Å²) in [5.74, 6) is 1.14. The van der Waals surface area contributed by atoms with Gasteiger partial charge in [0.05, 0.1) is 6.61 Å². The summed E-state index contributed by atoms with van der Waals surface area (Å²) >= 11 is 0. The number of benzene rings is 3. The summed E-state index contributed by atoms with van der Waals surface area (Å²) in [5.41, 5.74) is 5.25. The van der Waals surface area contributed by atoms with E-state index in [2.05, 4.69) is 10.9 Å². The molecule has 1 atom stereocenters. The van der Waals surface area contributed by atoms with Gasteiger partial charge in [0, 0.05) is 5.56 Å². The Labute approximate surface area is 175 Å². The highest BCUT2D eigenvalue weighted by Gasteiger charge is 2.22. The SMILES string of the molecule is CC(Oc1ccc2ccccc2c1)C(=O)NNC(=O)c1ccc(OCC2CC2)cc1. The van der Waals surface area contributed by atoms with E-state index < -0.39 is 17.9 Å². The van der Waals surface area contributed by atoms with Gasteiger partial charge in [-0.3, -0.25) is 20.4 Å². The number of carbonyl (C=O) groups excluding carboxylic acids is 2. The summed E-state index contributed by atoms with van der Waals surface area (Å²) in [7, 11) is 0. The van der Waals surface area contributed by atoms with Gasteiger partial charge < -0.3 is 9.47 Å². The number of amides is 2. The van der Waals surface area contributed by atoms with Crippen molar-refractivity contribution in [3.63, 3.8) is 0 Å². The molecule has 0 saturated heterocycles. The molecule has 6 heteroatoms. The minimum absolute atomic E-state index is 0.407. The first-order valence-electron chi connectivity index (χ1n) is 10.1. The predicted molar refractivity (Wildman–Crippen MR) is 114 cm³/mol. The van der Waals surface area contributed by atoms with Crippen molar-refractivity contribution < 1.29 is 19.1 Å². The fourth-order valence-electron chi connectivity index (χ4n) is 2.99. The quantitative estimate of drug-likeness (QED) is 0.587. The van der Waals surface area contributed by atoms with Crippen molar-refractivity contribution in [3.05, 3.63) is 72.3 Å². The van der Waals surface area contributed by atoms with E-state index in [0.29, 0.717) is 17.2 Å². The molecule has 3 aromatic rings. The van der Waals surface area contributed by atoms with Crippen molar-refractivity contribution in [1.29, 1.82) is 0 Å². The fraction of sp³-hybridized carbons (Fsp3) is 0.250. The third-order valence-corrected chi connectivity index (χ3v) is 5.00. The van der Waals surface area contributed by atoms with Gasteiger partial charge in [0.15, 0.2) is 6.10 Å². The molecule has 0 aromatic heterocycles. The van der Waals surface area contributed by atoms with E-state index in [9.17, 15) is 9.59 Å². The largest absolute Gasteiger partial charge is 0.493 e. The first-order valence-corrected chi connectivity index (χ1v) is 10.1. The number of ether oxygens (including phenoxy) is 2. The van der Waals surface area contributed by atoms with Gasteiger partial charge in [0.25, 0.3) is 11.8 Å². The molecule has 1 saturated carbocycles. The van der Waals surface area contributed by atoms with Gasteiger partial charge in [-0.25, -0.2) is 0 Å². The van der Waals surface area contributed by atoms with Crippen molar-refractivity contribution in [2.75, 3.05) is 6.61 Å². The molecule has 1 aliphatic carbocycles. The van der Waals surface area contributed by atoms with E-state index in [0.717, 1.165) is 23.1 Å². The van der Waals surface area contributed by atoms with Crippen LogP contribution >= 0.6 is 0 Å². The van der Waals surface area contributed by atoms with Crippen LogP contribution in [0.4, 0.5) is 0 Å². The average Bonchev–Trinajstić information content (AvgIpc) is 3.60. The van der Waals surface area contributed by atoms with Crippen molar-refractivity contribution >= 4 is 22.6 Å². The monoisotopic (exact) mass is 404 g/mol. The van der Waals surface area contributed by atoms with Crippen LogP contribution in [-0.2, 0) is 4.79 Å². The molecule has 3 aromatic carbocycles. The Balaban J connectivity index is 1.26. The van der Waals surface area contributed by atoms with Crippen LogP contribution in [0.5, 0.6) is 11.5 Å². The van der Waals surface area contributed by atoms with Gasteiger partial charge in [-0.1, -0.05) is 30.3 Å². The summed E-state index contributed by atoms with van der Waals surface area (Å²) in [6.45, 7) is 2.35. The van der Waals surface area contributed by atoms with E-state index in [1.165, 1.54) is 12.8 Å². The molecule has 4 rings (SSSR count). The van der Waals surface area contributed by atoms with Gasteiger partial charge in [0.2, 0.25) is 0 Å². The zero-order valence-corrected chi connectivity index (χ0v) is 16.8. The second-order valence-electron chi connectivity index (χ2n) is 7.49. The van der Waals surface area contributed by atoms with Crippen molar-refractivity contribution in [1.82, 2.24) is 10.9 Å². The summed E-state index contributed by atoms with van der Waals surface area (Å²) in [6, 6.07) is 20.4. The average molecular weight is 404 g/mol. The van der Waals surface area contributed by atoms with Crippen LogP contribution < -0.4 is 20.3 Å². The molecule has 0 spiro atoms. The third-order valence-electron chi connectivity index (χ3n) is 5.00. The molecule has 0 radical (unpaired) electrons. The Bertz CT molecular complexity index is 1040. The molecule has 0 heterocycles. The van der Waals surface area contributed by atoms with E-state index in [1.807, 2.05) is 42.5 Å². The number of hydrazine groups is 1. The van der Waals surface area contributed by atoms with Crippen LogP contribution in [0.1, 0.15) is 30.1 Å². The maximum Gasteiger partial charge on any atom is 0.279 e. The lowest BCUT2D eigenvalue weighted by atomic mass is 10.1. The number of rotatable bonds is 7. The van der Waals surface area contributed by atoms with Gasteiger partial charge >= 0.3 is 0 Å². The second-order valence-corrected chi connectivity index (χ2v) is 7.49. The molecule has 2 N–H and O–H groups in total. The molecular formula is C24H24N2O4. The molecular weight excluding hydrogens is 380 g/mol. The lowest BCUT2D eigenvalue weighted by molar-refractivity contribution is -0.128. The Morgan fingerprint density at radius 1 is 0.933 bits per heavy atom. The van der Waals surface area contributed by atoms with Crippen molar-refractivity contribution in [2.24, 2.45) is 5.92 Å². The molecule has 1 fully saturated rings. The first-order chi connectivity index (χ1) is 14.6. The predicted octanol–water partition coefficient (Wildman–Crippen LogP) is 3.86. The van der Waals surface area contributed by atoms with Gasteiger partial charge in [-0.05, 0) is 72.9 Å². The number of carbonyl (C=O) groups is 2. The van der Waals surface area contributed by atoms with Gasteiger partial charge in [-0.2, -0.15) is 0 Å². The third kappa shape index (κ3) is 5.08. The molecule has 1 aliphatic rings. The highest BCUT2D eigenvalue weighted by atomic mass is 16.5. The van der Waals surface area contributed by atoms with Crippen molar-refractivity contribution in [3.8, 4) is 11.5 Å². The Morgan fingerprint density at radius 3 is 2.37 bits per heavy atom. The van der Waals surface area contributed by atoms with Crippen molar-refractivity contribution in [2.45, 2.75) is 25.9 Å². The molecule has 1 unspecified atom stereocenters. The molecule has 6 nitrogen and oxygen atoms in total. The van der Waals surface area contributed by atoms with Crippen LogP contribution in [0.25, 0.3) is 10.8 Å². The van der Waals surface area contributed by atoms with E-state index in [1.54, 1.807) is 31.2 Å². The maximum absolute atomic E-state index is 12.3. The smallest absolute Gasteiger partial charge is 0.279 e. The number of hydrogen-bond donors (Lipinski definition) is 2. The highest BCUT2D eigenvalue weighted by molar-refractivity contribution is 5.95. The zero-order chi connectivity index (χ0) is 20.9. The topological polar surface area (TPSA) is 76.7 Å². The fourth-order valence-corrected chi connectivity index (χ4v) is 2.99. The lowest BCUT2D eigenvalue weighted by Crippen LogP contribution is -2.47. The van der Waals surface area contributed by atoms with E-state index in [4.69, 9.17) is 9.47 Å². The van der Waals surface area contributed by atoms with Crippen LogP contribution in [0.15, 0.2) is 66.7 Å². The van der Waals surface area contributed by atoms with Crippen LogP contribution in [0.2, 0.25) is 0 Å². The van der Waals surface area contributed by atoms with Gasteiger partial charge in [-0.15, -0.1) is 0 Å². The minimum Gasteiger partial charge on any atom is -0.493 e.